The van der Waals surface area contributed by atoms with Gasteiger partial charge in [-0.25, -0.2) is 0 Å². The van der Waals surface area contributed by atoms with Crippen LogP contribution in [0.15, 0.2) is 30.6 Å². The maximum atomic E-state index is 4.35. The third-order valence-electron chi connectivity index (χ3n) is 2.23. The summed E-state index contributed by atoms with van der Waals surface area (Å²) in [6.07, 6.45) is 4.06. The third-order valence-corrected chi connectivity index (χ3v) is 7.95. The van der Waals surface area contributed by atoms with Gasteiger partial charge >= 0.3 is 82.5 Å². The molecule has 0 aliphatic rings. The van der Waals surface area contributed by atoms with Crippen LogP contribution in [0.2, 0.25) is 14.8 Å². The monoisotopic (exact) mass is 282 g/mol. The molecular formula is C10H14N2Sn. The molecule has 0 N–H and O–H groups in total. The van der Waals surface area contributed by atoms with Crippen LogP contribution in [0.4, 0.5) is 0 Å². The second-order valence-electron chi connectivity index (χ2n) is 4.34. The van der Waals surface area contributed by atoms with Crippen molar-refractivity contribution in [2.75, 3.05) is 0 Å². The van der Waals surface area contributed by atoms with Crippen LogP contribution < -0.4 is 3.58 Å². The fourth-order valence-corrected chi connectivity index (χ4v) is 5.54. The van der Waals surface area contributed by atoms with Crippen molar-refractivity contribution in [3.8, 4) is 0 Å². The van der Waals surface area contributed by atoms with Gasteiger partial charge in [-0.3, -0.25) is 0 Å². The Labute approximate surface area is 82.4 Å². The van der Waals surface area contributed by atoms with Crippen molar-refractivity contribution in [2.24, 2.45) is 0 Å². The molecule has 0 aliphatic heterocycles. The summed E-state index contributed by atoms with van der Waals surface area (Å²) in [5.41, 5.74) is 1.30. The molecule has 0 aromatic carbocycles. The van der Waals surface area contributed by atoms with Gasteiger partial charge < -0.3 is 0 Å². The van der Waals surface area contributed by atoms with E-state index in [0.29, 0.717) is 0 Å². The molecule has 2 nitrogen and oxygen atoms in total. The van der Waals surface area contributed by atoms with Crippen molar-refractivity contribution in [3.05, 3.63) is 30.6 Å². The van der Waals surface area contributed by atoms with Gasteiger partial charge in [-0.2, -0.15) is 0 Å². The first-order valence-corrected chi connectivity index (χ1v) is 14.5. The van der Waals surface area contributed by atoms with Crippen LogP contribution >= 0.6 is 0 Å². The van der Waals surface area contributed by atoms with Crippen LogP contribution in [-0.2, 0) is 0 Å². The Kier molecular flexibility index (Phi) is 2.10. The fourth-order valence-electron chi connectivity index (χ4n) is 1.51. The SMILES string of the molecule is [CH3][Sn]([CH3])([CH3])[c]1cnn2ccccc12. The molecule has 0 atom stereocenters. The molecule has 0 spiro atoms. The van der Waals surface area contributed by atoms with Crippen molar-refractivity contribution in [1.82, 2.24) is 9.61 Å². The minimum atomic E-state index is -1.94. The van der Waals surface area contributed by atoms with E-state index in [-0.39, 0.29) is 0 Å². The molecule has 0 radical (unpaired) electrons. The molecule has 2 rings (SSSR count). The molecule has 0 amide bonds. The topological polar surface area (TPSA) is 17.3 Å². The molecule has 3 heteroatoms. The fraction of sp³-hybridized carbons (Fsp3) is 0.300. The Bertz CT molecular complexity index is 426. The number of fused-ring (bicyclic) bond motifs is 1. The number of pyridine rings is 1. The second-order valence-corrected chi connectivity index (χ2v) is 18.7. The number of aromatic nitrogens is 2. The van der Waals surface area contributed by atoms with Crippen molar-refractivity contribution < 1.29 is 0 Å². The zero-order valence-electron chi connectivity index (χ0n) is 8.28. The number of hydrogen-bond donors (Lipinski definition) is 0. The molecule has 0 saturated carbocycles. The molecular weight excluding hydrogens is 267 g/mol. The van der Waals surface area contributed by atoms with Crippen molar-refractivity contribution in [3.63, 3.8) is 0 Å². The molecule has 0 fully saturated rings. The van der Waals surface area contributed by atoms with E-state index in [2.05, 4.69) is 32.1 Å². The van der Waals surface area contributed by atoms with E-state index >= 15 is 0 Å². The molecule has 0 bridgehead atoms. The summed E-state index contributed by atoms with van der Waals surface area (Å²) in [5, 5.41) is 4.35. The first kappa shape index (κ1) is 9.06. The van der Waals surface area contributed by atoms with E-state index in [0.717, 1.165) is 0 Å². The van der Waals surface area contributed by atoms with Crippen LogP contribution in [-0.4, -0.2) is 28.0 Å². The second kappa shape index (κ2) is 3.01. The molecule has 0 aliphatic carbocycles. The summed E-state index contributed by atoms with van der Waals surface area (Å²) in [6, 6.07) is 6.25. The average molecular weight is 281 g/mol. The standard InChI is InChI=1S/C7H5N2.3CH3.Sn/c1-2-6-9-7(3-1)4-5-8-9;;;;/h1-3,5-6H;3*1H3;. The van der Waals surface area contributed by atoms with Crippen molar-refractivity contribution in [2.45, 2.75) is 14.8 Å². The van der Waals surface area contributed by atoms with Gasteiger partial charge in [0, 0.05) is 0 Å². The summed E-state index contributed by atoms with van der Waals surface area (Å²) >= 11 is -1.94. The molecule has 2 aromatic rings. The predicted molar refractivity (Wildman–Crippen MR) is 58.2 cm³/mol. The van der Waals surface area contributed by atoms with E-state index < -0.39 is 18.4 Å². The molecule has 0 unspecified atom stereocenters. The molecule has 2 heterocycles. The summed E-state index contributed by atoms with van der Waals surface area (Å²) in [7, 11) is 0. The average Bonchev–Trinajstić information content (AvgIpc) is 2.45. The first-order valence-electron chi connectivity index (χ1n) is 4.52. The normalized spacial score (nSPS) is 12.2. The summed E-state index contributed by atoms with van der Waals surface area (Å²) in [5.74, 6) is 0. The Morgan fingerprint density at radius 3 is 2.69 bits per heavy atom. The quantitative estimate of drug-likeness (QED) is 0.729. The first-order chi connectivity index (χ1) is 6.09. The molecule has 2 aromatic heterocycles. The number of nitrogens with zero attached hydrogens (tertiary/aromatic N) is 2. The number of rotatable bonds is 1. The van der Waals surface area contributed by atoms with Gasteiger partial charge in [0.25, 0.3) is 0 Å². The Morgan fingerprint density at radius 2 is 2.00 bits per heavy atom. The van der Waals surface area contributed by atoms with Crippen LogP contribution in [0.3, 0.4) is 0 Å². The summed E-state index contributed by atoms with van der Waals surface area (Å²) in [4.78, 5) is 7.25. The Hall–Kier alpha value is -0.511. The van der Waals surface area contributed by atoms with E-state index in [9.17, 15) is 0 Å². The van der Waals surface area contributed by atoms with Crippen LogP contribution in [0, 0.1) is 0 Å². The van der Waals surface area contributed by atoms with Gasteiger partial charge in [0.2, 0.25) is 0 Å². The third kappa shape index (κ3) is 1.59. The van der Waals surface area contributed by atoms with Gasteiger partial charge in [-0.1, -0.05) is 0 Å². The summed E-state index contributed by atoms with van der Waals surface area (Å²) in [6.45, 7) is 0. The number of hydrogen-bond acceptors (Lipinski definition) is 1. The van der Waals surface area contributed by atoms with Gasteiger partial charge in [-0.05, 0) is 0 Å². The van der Waals surface area contributed by atoms with E-state index in [4.69, 9.17) is 0 Å². The van der Waals surface area contributed by atoms with Gasteiger partial charge in [-0.15, -0.1) is 0 Å². The molecule has 68 valence electrons. The van der Waals surface area contributed by atoms with Crippen LogP contribution in [0.25, 0.3) is 5.52 Å². The van der Waals surface area contributed by atoms with Crippen LogP contribution in [0.5, 0.6) is 0 Å². The molecule has 13 heavy (non-hydrogen) atoms. The van der Waals surface area contributed by atoms with E-state index in [1.165, 1.54) is 9.10 Å². The molecule has 0 saturated heterocycles. The van der Waals surface area contributed by atoms with Gasteiger partial charge in [0.1, 0.15) is 0 Å². The van der Waals surface area contributed by atoms with Crippen LogP contribution in [0.1, 0.15) is 0 Å². The zero-order valence-corrected chi connectivity index (χ0v) is 11.1. The Morgan fingerprint density at radius 1 is 1.23 bits per heavy atom. The van der Waals surface area contributed by atoms with Crippen molar-refractivity contribution in [1.29, 1.82) is 0 Å². The maximum absolute atomic E-state index is 4.35. The predicted octanol–water partition coefficient (Wildman–Crippen LogP) is 1.88. The minimum absolute atomic E-state index is 1.30. The van der Waals surface area contributed by atoms with Gasteiger partial charge in [0.15, 0.2) is 0 Å². The van der Waals surface area contributed by atoms with E-state index in [1.807, 2.05) is 23.0 Å². The van der Waals surface area contributed by atoms with Crippen molar-refractivity contribution >= 4 is 27.5 Å². The van der Waals surface area contributed by atoms with Gasteiger partial charge in [0.05, 0.1) is 0 Å². The van der Waals surface area contributed by atoms with E-state index in [1.54, 1.807) is 0 Å². The summed E-state index contributed by atoms with van der Waals surface area (Å²) < 4.78 is 3.48. The Balaban J connectivity index is 2.72. The zero-order chi connectivity index (χ0) is 9.47.